The SMILES string of the molecule is CC1CCC(C(C)C)C(OC(c2ccsc2)C(C)N)C1. The highest BCUT2D eigenvalue weighted by Crippen LogP contribution is 2.38. The zero-order chi connectivity index (χ0) is 14.7. The highest BCUT2D eigenvalue weighted by molar-refractivity contribution is 7.07. The molecule has 5 atom stereocenters. The van der Waals surface area contributed by atoms with Crippen molar-refractivity contribution in [1.29, 1.82) is 0 Å². The molecule has 2 nitrogen and oxygen atoms in total. The van der Waals surface area contributed by atoms with Gasteiger partial charge in [0.15, 0.2) is 0 Å². The molecule has 3 heteroatoms. The van der Waals surface area contributed by atoms with Gasteiger partial charge in [-0.15, -0.1) is 0 Å². The van der Waals surface area contributed by atoms with Gasteiger partial charge in [0.25, 0.3) is 0 Å². The van der Waals surface area contributed by atoms with Gasteiger partial charge in [0, 0.05) is 6.04 Å². The van der Waals surface area contributed by atoms with Crippen LogP contribution in [-0.2, 0) is 4.74 Å². The third kappa shape index (κ3) is 3.84. The summed E-state index contributed by atoms with van der Waals surface area (Å²) in [5.41, 5.74) is 7.42. The summed E-state index contributed by atoms with van der Waals surface area (Å²) < 4.78 is 6.52. The maximum absolute atomic E-state index is 6.52. The monoisotopic (exact) mass is 295 g/mol. The summed E-state index contributed by atoms with van der Waals surface area (Å²) in [6.45, 7) is 9.04. The Labute approximate surface area is 127 Å². The van der Waals surface area contributed by atoms with Crippen LogP contribution in [0, 0.1) is 17.8 Å². The number of thiophene rings is 1. The number of hydrogen-bond acceptors (Lipinski definition) is 3. The van der Waals surface area contributed by atoms with Crippen molar-refractivity contribution in [2.75, 3.05) is 0 Å². The largest absolute Gasteiger partial charge is 0.368 e. The molecule has 1 aromatic heterocycles. The molecule has 2 rings (SSSR count). The normalized spacial score (nSPS) is 30.4. The van der Waals surface area contributed by atoms with Crippen LogP contribution in [0.15, 0.2) is 16.8 Å². The third-order valence-electron chi connectivity index (χ3n) is 4.63. The zero-order valence-corrected chi connectivity index (χ0v) is 14.0. The number of ether oxygens (including phenoxy) is 1. The first-order chi connectivity index (χ1) is 9.49. The second kappa shape index (κ2) is 7.06. The molecule has 1 saturated carbocycles. The van der Waals surface area contributed by atoms with Crippen LogP contribution in [0.5, 0.6) is 0 Å². The number of hydrogen-bond donors (Lipinski definition) is 1. The summed E-state index contributed by atoms with van der Waals surface area (Å²) in [6, 6.07) is 2.18. The fraction of sp³-hybridized carbons (Fsp3) is 0.765. The van der Waals surface area contributed by atoms with E-state index in [-0.39, 0.29) is 12.1 Å². The summed E-state index contributed by atoms with van der Waals surface area (Å²) >= 11 is 1.72. The number of rotatable bonds is 5. The first-order valence-corrected chi connectivity index (χ1v) is 8.86. The molecule has 0 bridgehead atoms. The highest BCUT2D eigenvalue weighted by atomic mass is 32.1. The van der Waals surface area contributed by atoms with E-state index < -0.39 is 0 Å². The Hall–Kier alpha value is -0.380. The summed E-state index contributed by atoms with van der Waals surface area (Å²) in [6.07, 6.45) is 4.20. The average molecular weight is 295 g/mol. The fourth-order valence-electron chi connectivity index (χ4n) is 3.40. The predicted octanol–water partition coefficient (Wildman–Crippen LogP) is 4.61. The summed E-state index contributed by atoms with van der Waals surface area (Å²) in [7, 11) is 0. The molecule has 1 aliphatic carbocycles. The molecule has 1 fully saturated rings. The maximum atomic E-state index is 6.52. The van der Waals surface area contributed by atoms with Gasteiger partial charge in [-0.25, -0.2) is 0 Å². The van der Waals surface area contributed by atoms with Crippen LogP contribution in [0.1, 0.15) is 58.6 Å². The van der Waals surface area contributed by atoms with E-state index in [0.29, 0.717) is 17.9 Å². The van der Waals surface area contributed by atoms with Gasteiger partial charge in [0.2, 0.25) is 0 Å². The van der Waals surface area contributed by atoms with Gasteiger partial charge in [-0.1, -0.05) is 27.2 Å². The third-order valence-corrected chi connectivity index (χ3v) is 5.33. The lowest BCUT2D eigenvalue weighted by molar-refractivity contribution is -0.0883. The number of nitrogens with two attached hydrogens (primary N) is 1. The average Bonchev–Trinajstić information content (AvgIpc) is 2.88. The lowest BCUT2D eigenvalue weighted by Gasteiger charge is -2.39. The van der Waals surface area contributed by atoms with Crippen molar-refractivity contribution in [2.24, 2.45) is 23.5 Å². The lowest BCUT2D eigenvalue weighted by atomic mass is 9.75. The highest BCUT2D eigenvalue weighted by Gasteiger charge is 2.34. The second-order valence-electron chi connectivity index (χ2n) is 6.84. The first-order valence-electron chi connectivity index (χ1n) is 7.92. The van der Waals surface area contributed by atoms with Crippen LogP contribution in [0.25, 0.3) is 0 Å². The molecule has 0 saturated heterocycles. The zero-order valence-electron chi connectivity index (χ0n) is 13.2. The molecule has 0 spiro atoms. The molecule has 114 valence electrons. The Morgan fingerprint density at radius 1 is 1.30 bits per heavy atom. The van der Waals surface area contributed by atoms with Crippen LogP contribution < -0.4 is 5.73 Å². The van der Waals surface area contributed by atoms with Crippen molar-refractivity contribution in [3.63, 3.8) is 0 Å². The van der Waals surface area contributed by atoms with E-state index in [4.69, 9.17) is 10.5 Å². The van der Waals surface area contributed by atoms with Crippen molar-refractivity contribution in [3.8, 4) is 0 Å². The first kappa shape index (κ1) is 16.0. The minimum atomic E-state index is 0.0367. The van der Waals surface area contributed by atoms with Crippen LogP contribution in [0.3, 0.4) is 0 Å². The van der Waals surface area contributed by atoms with Gasteiger partial charge in [0.1, 0.15) is 0 Å². The smallest absolute Gasteiger partial charge is 0.0984 e. The molecular formula is C17H29NOS. The van der Waals surface area contributed by atoms with Crippen molar-refractivity contribution < 1.29 is 4.74 Å². The minimum absolute atomic E-state index is 0.0367. The lowest BCUT2D eigenvalue weighted by Crippen LogP contribution is -2.38. The van der Waals surface area contributed by atoms with Gasteiger partial charge >= 0.3 is 0 Å². The topological polar surface area (TPSA) is 35.2 Å². The van der Waals surface area contributed by atoms with Crippen molar-refractivity contribution in [1.82, 2.24) is 0 Å². The summed E-state index contributed by atoms with van der Waals surface area (Å²) in [5.74, 6) is 2.13. The van der Waals surface area contributed by atoms with Gasteiger partial charge in [-0.05, 0) is 59.9 Å². The minimum Gasteiger partial charge on any atom is -0.368 e. The van der Waals surface area contributed by atoms with E-state index in [2.05, 4.69) is 44.5 Å². The van der Waals surface area contributed by atoms with Crippen LogP contribution in [-0.4, -0.2) is 12.1 Å². The molecule has 0 aliphatic heterocycles. The molecule has 0 radical (unpaired) electrons. The molecule has 1 heterocycles. The standard InChI is InChI=1S/C17H29NOS/c1-11(2)15-6-5-12(3)9-16(15)19-17(13(4)18)14-7-8-20-10-14/h7-8,10-13,15-17H,5-6,9,18H2,1-4H3. The maximum Gasteiger partial charge on any atom is 0.0984 e. The molecule has 20 heavy (non-hydrogen) atoms. The van der Waals surface area contributed by atoms with E-state index in [1.165, 1.54) is 24.8 Å². The van der Waals surface area contributed by atoms with Crippen LogP contribution in [0.4, 0.5) is 0 Å². The van der Waals surface area contributed by atoms with E-state index in [9.17, 15) is 0 Å². The molecular weight excluding hydrogens is 266 g/mol. The predicted molar refractivity (Wildman–Crippen MR) is 86.9 cm³/mol. The van der Waals surface area contributed by atoms with Gasteiger partial charge in [-0.3, -0.25) is 0 Å². The quantitative estimate of drug-likeness (QED) is 0.860. The second-order valence-corrected chi connectivity index (χ2v) is 7.62. The Bertz CT molecular complexity index is 388. The molecule has 2 N–H and O–H groups in total. The van der Waals surface area contributed by atoms with E-state index in [1.54, 1.807) is 11.3 Å². The van der Waals surface area contributed by atoms with Crippen molar-refractivity contribution in [3.05, 3.63) is 22.4 Å². The van der Waals surface area contributed by atoms with Crippen LogP contribution >= 0.6 is 11.3 Å². The molecule has 5 unspecified atom stereocenters. The molecule has 0 aromatic carbocycles. The van der Waals surface area contributed by atoms with Gasteiger partial charge in [-0.2, -0.15) is 11.3 Å². The summed E-state index contributed by atoms with van der Waals surface area (Å²) in [4.78, 5) is 0. The Balaban J connectivity index is 2.11. The molecule has 1 aromatic rings. The van der Waals surface area contributed by atoms with Crippen molar-refractivity contribution in [2.45, 2.75) is 65.2 Å². The fourth-order valence-corrected chi connectivity index (χ4v) is 4.09. The summed E-state index contributed by atoms with van der Waals surface area (Å²) in [5, 5.41) is 4.28. The van der Waals surface area contributed by atoms with E-state index >= 15 is 0 Å². The Morgan fingerprint density at radius 2 is 2.05 bits per heavy atom. The van der Waals surface area contributed by atoms with Gasteiger partial charge in [0.05, 0.1) is 12.2 Å². The molecule has 1 aliphatic rings. The van der Waals surface area contributed by atoms with E-state index in [1.807, 2.05) is 0 Å². The van der Waals surface area contributed by atoms with Crippen molar-refractivity contribution >= 4 is 11.3 Å². The Morgan fingerprint density at radius 3 is 2.60 bits per heavy atom. The van der Waals surface area contributed by atoms with Gasteiger partial charge < -0.3 is 10.5 Å². The van der Waals surface area contributed by atoms with Crippen LogP contribution in [0.2, 0.25) is 0 Å². The Kier molecular flexibility index (Phi) is 5.65. The molecule has 0 amide bonds. The van der Waals surface area contributed by atoms with E-state index in [0.717, 1.165) is 5.92 Å².